The molecule has 1 saturated heterocycles. The molecule has 1 spiro atoms. The molecule has 2 rings (SSSR count). The van der Waals surface area contributed by atoms with Gasteiger partial charge in [-0.25, -0.2) is 4.79 Å². The molecule has 0 unspecified atom stereocenters. The minimum Gasteiger partial charge on any atom is -0.444 e. The Kier molecular flexibility index (Phi) is 4.65. The van der Waals surface area contributed by atoms with Crippen molar-refractivity contribution < 1.29 is 14.3 Å². The molecular weight excluding hydrogens is 357 g/mol. The lowest BCUT2D eigenvalue weighted by molar-refractivity contribution is -0.124. The fourth-order valence-electron chi connectivity index (χ4n) is 2.74. The van der Waals surface area contributed by atoms with Crippen LogP contribution in [-0.4, -0.2) is 45.8 Å². The maximum absolute atomic E-state index is 12.2. The van der Waals surface area contributed by atoms with Crippen LogP contribution in [0.15, 0.2) is 0 Å². The Balaban J connectivity index is 1.95. The number of hydrogen-bond donors (Lipinski definition) is 0. The number of alkyl halides is 1. The summed E-state index contributed by atoms with van der Waals surface area (Å²) in [6, 6.07) is 0. The van der Waals surface area contributed by atoms with Crippen molar-refractivity contribution in [3.63, 3.8) is 0 Å². The molecule has 0 radical (unpaired) electrons. The molecule has 0 atom stereocenters. The summed E-state index contributed by atoms with van der Waals surface area (Å²) in [5.74, 6) is 0. The average Bonchev–Trinajstić information content (AvgIpc) is 2.32. The molecule has 2 aliphatic rings. The number of carbonyl (C=O) groups is 1. The topological polar surface area (TPSA) is 38.8 Å². The molecule has 0 N–H and O–H groups in total. The van der Waals surface area contributed by atoms with Crippen molar-refractivity contribution in [2.45, 2.75) is 61.6 Å². The van der Waals surface area contributed by atoms with E-state index in [1.54, 1.807) is 0 Å². The first-order valence-electron chi connectivity index (χ1n) is 7.06. The number of hydrogen-bond acceptors (Lipinski definition) is 3. The molecule has 0 aromatic rings. The van der Waals surface area contributed by atoms with Gasteiger partial charge in [0.05, 0.1) is 18.8 Å². The highest BCUT2D eigenvalue weighted by Gasteiger charge is 2.41. The largest absolute Gasteiger partial charge is 0.444 e. The quantitative estimate of drug-likeness (QED) is 0.477. The van der Waals surface area contributed by atoms with Crippen molar-refractivity contribution in [1.82, 2.24) is 4.90 Å². The van der Waals surface area contributed by atoms with E-state index in [1.807, 2.05) is 25.7 Å². The van der Waals surface area contributed by atoms with Crippen LogP contribution in [0.3, 0.4) is 0 Å². The zero-order chi connectivity index (χ0) is 14.1. The Labute approximate surface area is 129 Å². The summed E-state index contributed by atoms with van der Waals surface area (Å²) in [7, 11) is 0. The number of nitrogens with zero attached hydrogens (tertiary/aromatic N) is 1. The highest BCUT2D eigenvalue weighted by atomic mass is 127. The summed E-state index contributed by atoms with van der Waals surface area (Å²) in [6.07, 6.45) is 4.28. The van der Waals surface area contributed by atoms with Gasteiger partial charge in [-0.1, -0.05) is 22.6 Å². The van der Waals surface area contributed by atoms with Gasteiger partial charge >= 0.3 is 6.09 Å². The van der Waals surface area contributed by atoms with Crippen LogP contribution in [0.2, 0.25) is 0 Å². The summed E-state index contributed by atoms with van der Waals surface area (Å²) in [5, 5.41) is 0. The van der Waals surface area contributed by atoms with Crippen molar-refractivity contribution in [3.8, 4) is 0 Å². The van der Waals surface area contributed by atoms with Crippen LogP contribution in [0.4, 0.5) is 4.79 Å². The van der Waals surface area contributed by atoms with Crippen molar-refractivity contribution in [2.75, 3.05) is 19.7 Å². The zero-order valence-electron chi connectivity index (χ0n) is 12.1. The number of rotatable bonds is 0. The van der Waals surface area contributed by atoms with Crippen LogP contribution < -0.4 is 0 Å². The predicted octanol–water partition coefficient (Wildman–Crippen LogP) is 3.37. The molecule has 0 bridgehead atoms. The fraction of sp³-hybridized carbons (Fsp3) is 0.929. The van der Waals surface area contributed by atoms with Gasteiger partial charge in [-0.3, -0.25) is 0 Å². The standard InChI is InChI=1S/C14H24INO3/c1-13(2,3)19-12(17)16-8-9-18-14(10-16)6-4-11(15)5-7-14/h11H,4-10H2,1-3H3. The Morgan fingerprint density at radius 3 is 2.58 bits per heavy atom. The lowest BCUT2D eigenvalue weighted by atomic mass is 9.83. The van der Waals surface area contributed by atoms with Crippen molar-refractivity contribution in [3.05, 3.63) is 0 Å². The van der Waals surface area contributed by atoms with Gasteiger partial charge in [-0.15, -0.1) is 0 Å². The van der Waals surface area contributed by atoms with Crippen LogP contribution in [0.5, 0.6) is 0 Å². The highest BCUT2D eigenvalue weighted by Crippen LogP contribution is 2.37. The van der Waals surface area contributed by atoms with Gasteiger partial charge in [0.15, 0.2) is 0 Å². The maximum Gasteiger partial charge on any atom is 0.410 e. The average molecular weight is 381 g/mol. The van der Waals surface area contributed by atoms with Crippen LogP contribution in [0, 0.1) is 0 Å². The van der Waals surface area contributed by atoms with E-state index in [2.05, 4.69) is 22.6 Å². The molecule has 1 amide bonds. The van der Waals surface area contributed by atoms with E-state index >= 15 is 0 Å². The first-order valence-corrected chi connectivity index (χ1v) is 8.30. The van der Waals surface area contributed by atoms with E-state index in [-0.39, 0.29) is 11.7 Å². The van der Waals surface area contributed by atoms with Gasteiger partial charge in [0.1, 0.15) is 5.60 Å². The zero-order valence-corrected chi connectivity index (χ0v) is 14.2. The lowest BCUT2D eigenvalue weighted by Gasteiger charge is -2.45. The van der Waals surface area contributed by atoms with Crippen LogP contribution >= 0.6 is 22.6 Å². The second-order valence-corrected chi connectivity index (χ2v) is 8.37. The SMILES string of the molecule is CC(C)(C)OC(=O)N1CCOC2(CCC(I)CC2)C1. The van der Waals surface area contributed by atoms with Gasteiger partial charge in [-0.2, -0.15) is 0 Å². The highest BCUT2D eigenvalue weighted by molar-refractivity contribution is 14.1. The first-order chi connectivity index (χ1) is 8.80. The van der Waals surface area contributed by atoms with Gasteiger partial charge < -0.3 is 14.4 Å². The van der Waals surface area contributed by atoms with Gasteiger partial charge in [0.25, 0.3) is 0 Å². The Hall–Kier alpha value is -0.0400. The second kappa shape index (κ2) is 5.76. The smallest absolute Gasteiger partial charge is 0.410 e. The molecule has 19 heavy (non-hydrogen) atoms. The van der Waals surface area contributed by atoms with Crippen molar-refractivity contribution in [1.29, 1.82) is 0 Å². The Morgan fingerprint density at radius 2 is 2.00 bits per heavy atom. The summed E-state index contributed by atoms with van der Waals surface area (Å²) >= 11 is 2.51. The molecule has 4 nitrogen and oxygen atoms in total. The molecule has 0 aromatic heterocycles. The van der Waals surface area contributed by atoms with Gasteiger partial charge in [0.2, 0.25) is 0 Å². The van der Waals surface area contributed by atoms with E-state index in [0.717, 1.165) is 16.8 Å². The number of carbonyl (C=O) groups excluding carboxylic acids is 1. The van der Waals surface area contributed by atoms with Crippen molar-refractivity contribution >= 4 is 28.7 Å². The van der Waals surface area contributed by atoms with Gasteiger partial charge in [0, 0.05) is 10.5 Å². The van der Waals surface area contributed by atoms with E-state index in [4.69, 9.17) is 9.47 Å². The summed E-state index contributed by atoms with van der Waals surface area (Å²) in [4.78, 5) is 14.0. The Morgan fingerprint density at radius 1 is 1.37 bits per heavy atom. The van der Waals surface area contributed by atoms with Crippen LogP contribution in [0.1, 0.15) is 46.5 Å². The molecule has 1 heterocycles. The Bertz CT molecular complexity index is 332. The van der Waals surface area contributed by atoms with E-state index in [1.165, 1.54) is 12.8 Å². The number of ether oxygens (including phenoxy) is 2. The van der Waals surface area contributed by atoms with Crippen LogP contribution in [0.25, 0.3) is 0 Å². The number of amides is 1. The van der Waals surface area contributed by atoms with Crippen molar-refractivity contribution in [2.24, 2.45) is 0 Å². The minimum absolute atomic E-state index is 0.114. The second-order valence-electron chi connectivity index (χ2n) is 6.61. The summed E-state index contributed by atoms with van der Waals surface area (Å²) in [5.41, 5.74) is -0.542. The monoisotopic (exact) mass is 381 g/mol. The van der Waals surface area contributed by atoms with Crippen LogP contribution in [-0.2, 0) is 9.47 Å². The van der Waals surface area contributed by atoms with E-state index < -0.39 is 5.60 Å². The molecule has 0 aromatic carbocycles. The molecular formula is C14H24INO3. The molecule has 110 valence electrons. The lowest BCUT2D eigenvalue weighted by Crippen LogP contribution is -2.55. The number of halogens is 1. The summed E-state index contributed by atoms with van der Waals surface area (Å²) < 4.78 is 12.2. The first kappa shape index (κ1) is 15.4. The van der Waals surface area contributed by atoms with Gasteiger partial charge in [-0.05, 0) is 46.5 Å². The third-order valence-corrected chi connectivity index (χ3v) is 4.97. The predicted molar refractivity (Wildman–Crippen MR) is 82.8 cm³/mol. The van der Waals surface area contributed by atoms with E-state index in [0.29, 0.717) is 19.7 Å². The summed E-state index contributed by atoms with van der Waals surface area (Å²) in [6.45, 7) is 7.67. The third kappa shape index (κ3) is 4.21. The maximum atomic E-state index is 12.2. The molecule has 1 aliphatic heterocycles. The minimum atomic E-state index is -0.428. The van der Waals surface area contributed by atoms with E-state index in [9.17, 15) is 4.79 Å². The third-order valence-electron chi connectivity index (χ3n) is 3.73. The molecule has 1 aliphatic carbocycles. The number of morpholine rings is 1. The molecule has 5 heteroatoms. The normalized spacial score (nSPS) is 32.4. The molecule has 2 fully saturated rings. The fourth-order valence-corrected chi connectivity index (χ4v) is 3.36. The molecule has 1 saturated carbocycles.